The van der Waals surface area contributed by atoms with Crippen LogP contribution in [0.4, 0.5) is 0 Å². The topological polar surface area (TPSA) is 90.3 Å². The van der Waals surface area contributed by atoms with E-state index in [4.69, 9.17) is 5.26 Å². The molecule has 1 aliphatic heterocycles. The summed E-state index contributed by atoms with van der Waals surface area (Å²) in [5.41, 5.74) is 0.685. The number of amides is 1. The quantitative estimate of drug-likeness (QED) is 0.772. The first-order valence-corrected chi connectivity index (χ1v) is 11.7. The Labute approximate surface area is 177 Å². The fourth-order valence-electron chi connectivity index (χ4n) is 4.16. The Kier molecular flexibility index (Phi) is 5.63. The van der Waals surface area contributed by atoms with Crippen LogP contribution < -0.4 is 5.32 Å². The van der Waals surface area contributed by atoms with E-state index < -0.39 is 10.0 Å². The Balaban J connectivity index is 1.48. The largest absolute Gasteiger partial charge is 0.346 e. The van der Waals surface area contributed by atoms with Crippen LogP contribution in [0.1, 0.15) is 48.0 Å². The zero-order chi connectivity index (χ0) is 21.2. The van der Waals surface area contributed by atoms with Crippen LogP contribution in [0.3, 0.4) is 0 Å². The summed E-state index contributed by atoms with van der Waals surface area (Å²) in [6, 6.07) is 17.2. The van der Waals surface area contributed by atoms with E-state index in [1.165, 1.54) is 41.4 Å². The maximum Gasteiger partial charge on any atom is 0.251 e. The molecule has 2 fully saturated rings. The van der Waals surface area contributed by atoms with Crippen molar-refractivity contribution in [3.8, 4) is 6.07 Å². The summed E-state index contributed by atoms with van der Waals surface area (Å²) in [4.78, 5) is 13.0. The standard InChI is InChI=1S/C23H25N3O3S/c24-17-19-8-10-21(11-9-19)30(28,29)26-14-12-23(13-15-26,16-18-6-7-18)25-22(27)20-4-2-1-3-5-20/h1-5,8-11,18H,6-7,12-16H2,(H,25,27). The molecule has 1 aliphatic carbocycles. The molecule has 1 amide bonds. The molecule has 0 bridgehead atoms. The summed E-state index contributed by atoms with van der Waals surface area (Å²) >= 11 is 0. The first-order valence-electron chi connectivity index (χ1n) is 10.3. The van der Waals surface area contributed by atoms with Gasteiger partial charge in [-0.2, -0.15) is 9.57 Å². The van der Waals surface area contributed by atoms with Crippen LogP contribution in [0.15, 0.2) is 59.5 Å². The van der Waals surface area contributed by atoms with Gasteiger partial charge in [-0.1, -0.05) is 31.0 Å². The first kappa shape index (κ1) is 20.6. The van der Waals surface area contributed by atoms with Crippen molar-refractivity contribution in [1.82, 2.24) is 9.62 Å². The third kappa shape index (κ3) is 4.40. The molecule has 30 heavy (non-hydrogen) atoms. The Morgan fingerprint density at radius 3 is 2.27 bits per heavy atom. The van der Waals surface area contributed by atoms with Crippen LogP contribution in [-0.2, 0) is 10.0 Å². The van der Waals surface area contributed by atoms with Crippen molar-refractivity contribution in [3.05, 3.63) is 65.7 Å². The Bertz CT molecular complexity index is 1050. The van der Waals surface area contributed by atoms with Gasteiger partial charge in [0.2, 0.25) is 10.0 Å². The fraction of sp³-hybridized carbons (Fsp3) is 0.391. The molecule has 0 unspecified atom stereocenters. The van der Waals surface area contributed by atoms with Gasteiger partial charge in [-0.25, -0.2) is 8.42 Å². The minimum atomic E-state index is -3.62. The van der Waals surface area contributed by atoms with E-state index in [0.29, 0.717) is 43.0 Å². The van der Waals surface area contributed by atoms with E-state index >= 15 is 0 Å². The molecule has 0 atom stereocenters. The van der Waals surface area contributed by atoms with Gasteiger partial charge in [0.1, 0.15) is 0 Å². The fourth-order valence-corrected chi connectivity index (χ4v) is 5.60. The smallest absolute Gasteiger partial charge is 0.251 e. The maximum atomic E-state index is 13.0. The number of hydrogen-bond acceptors (Lipinski definition) is 4. The van der Waals surface area contributed by atoms with Crippen molar-refractivity contribution in [1.29, 1.82) is 5.26 Å². The van der Waals surface area contributed by atoms with E-state index in [2.05, 4.69) is 5.32 Å². The Morgan fingerprint density at radius 1 is 1.07 bits per heavy atom. The van der Waals surface area contributed by atoms with Gasteiger partial charge in [-0.3, -0.25) is 4.79 Å². The van der Waals surface area contributed by atoms with E-state index in [-0.39, 0.29) is 16.3 Å². The van der Waals surface area contributed by atoms with Gasteiger partial charge in [-0.15, -0.1) is 0 Å². The molecule has 156 valence electrons. The van der Waals surface area contributed by atoms with Crippen LogP contribution in [0, 0.1) is 17.2 Å². The zero-order valence-electron chi connectivity index (χ0n) is 16.8. The molecule has 2 aliphatic rings. The molecule has 0 aromatic heterocycles. The maximum absolute atomic E-state index is 13.0. The molecule has 2 aromatic rings. The molecule has 0 radical (unpaired) electrons. The lowest BCUT2D eigenvalue weighted by Crippen LogP contribution is -2.56. The lowest BCUT2D eigenvalue weighted by atomic mass is 9.83. The van der Waals surface area contributed by atoms with Crippen LogP contribution in [0.5, 0.6) is 0 Å². The van der Waals surface area contributed by atoms with Gasteiger partial charge in [0.05, 0.1) is 16.5 Å². The molecule has 2 aromatic carbocycles. The molecule has 1 N–H and O–H groups in total. The number of rotatable bonds is 6. The number of nitrogens with one attached hydrogen (secondary N) is 1. The van der Waals surface area contributed by atoms with Gasteiger partial charge in [0.25, 0.3) is 5.91 Å². The van der Waals surface area contributed by atoms with Crippen molar-refractivity contribution in [2.24, 2.45) is 5.92 Å². The van der Waals surface area contributed by atoms with Gasteiger partial charge >= 0.3 is 0 Å². The van der Waals surface area contributed by atoms with Crippen molar-refractivity contribution < 1.29 is 13.2 Å². The summed E-state index contributed by atoms with van der Waals surface area (Å²) in [5.74, 6) is 0.516. The molecule has 7 heteroatoms. The normalized spacial score (nSPS) is 19.0. The SMILES string of the molecule is N#Cc1ccc(S(=O)(=O)N2CCC(CC3CC3)(NC(=O)c3ccccc3)CC2)cc1. The average Bonchev–Trinajstić information content (AvgIpc) is 3.58. The van der Waals surface area contributed by atoms with Gasteiger partial charge in [0.15, 0.2) is 0 Å². The lowest BCUT2D eigenvalue weighted by molar-refractivity contribution is 0.0837. The number of benzene rings is 2. The summed E-state index contributed by atoms with van der Waals surface area (Å²) < 4.78 is 27.6. The average molecular weight is 424 g/mol. The number of carbonyl (C=O) groups excluding carboxylic acids is 1. The lowest BCUT2D eigenvalue weighted by Gasteiger charge is -2.42. The monoisotopic (exact) mass is 423 g/mol. The van der Waals surface area contributed by atoms with Crippen molar-refractivity contribution in [2.45, 2.75) is 42.5 Å². The van der Waals surface area contributed by atoms with E-state index in [9.17, 15) is 13.2 Å². The van der Waals surface area contributed by atoms with Crippen molar-refractivity contribution in [2.75, 3.05) is 13.1 Å². The number of sulfonamides is 1. The summed E-state index contributed by atoms with van der Waals surface area (Å²) in [6.07, 6.45) is 4.44. The predicted octanol–water partition coefficient (Wildman–Crippen LogP) is 3.31. The minimum absolute atomic E-state index is 0.0975. The molecule has 4 rings (SSSR count). The van der Waals surface area contributed by atoms with Crippen molar-refractivity contribution in [3.63, 3.8) is 0 Å². The number of hydrogen-bond donors (Lipinski definition) is 1. The third-order valence-electron chi connectivity index (χ3n) is 6.09. The van der Waals surface area contributed by atoms with Gasteiger partial charge < -0.3 is 5.32 Å². The van der Waals surface area contributed by atoms with Crippen molar-refractivity contribution >= 4 is 15.9 Å². The van der Waals surface area contributed by atoms with Crippen LogP contribution >= 0.6 is 0 Å². The zero-order valence-corrected chi connectivity index (χ0v) is 17.6. The third-order valence-corrected chi connectivity index (χ3v) is 8.00. The van der Waals surface area contributed by atoms with Gasteiger partial charge in [-0.05, 0) is 61.6 Å². The first-order chi connectivity index (χ1) is 14.4. The number of nitriles is 1. The summed E-state index contributed by atoms with van der Waals surface area (Å²) in [7, 11) is -3.62. The summed E-state index contributed by atoms with van der Waals surface area (Å²) in [5, 5.41) is 12.2. The Hall–Kier alpha value is -2.69. The highest BCUT2D eigenvalue weighted by molar-refractivity contribution is 7.89. The molecule has 6 nitrogen and oxygen atoms in total. The molecule has 0 spiro atoms. The summed E-state index contributed by atoms with van der Waals surface area (Å²) in [6.45, 7) is 0.730. The molecular formula is C23H25N3O3S. The van der Waals surface area contributed by atoms with Crippen LogP contribution in [0.25, 0.3) is 0 Å². The highest BCUT2D eigenvalue weighted by Gasteiger charge is 2.43. The van der Waals surface area contributed by atoms with Gasteiger partial charge in [0, 0.05) is 24.2 Å². The highest BCUT2D eigenvalue weighted by atomic mass is 32.2. The number of nitrogens with zero attached hydrogens (tertiary/aromatic N) is 2. The number of piperidine rings is 1. The molecule has 1 saturated carbocycles. The van der Waals surface area contributed by atoms with E-state index in [0.717, 1.165) is 6.42 Å². The second-order valence-corrected chi connectivity index (χ2v) is 10.2. The molecular weight excluding hydrogens is 398 g/mol. The Morgan fingerprint density at radius 2 is 1.70 bits per heavy atom. The molecule has 1 heterocycles. The highest BCUT2D eigenvalue weighted by Crippen LogP contribution is 2.41. The number of carbonyl (C=O) groups is 1. The van der Waals surface area contributed by atoms with E-state index in [1.54, 1.807) is 12.1 Å². The second-order valence-electron chi connectivity index (χ2n) is 8.29. The van der Waals surface area contributed by atoms with Crippen LogP contribution in [-0.4, -0.2) is 37.3 Å². The molecule has 1 saturated heterocycles. The van der Waals surface area contributed by atoms with E-state index in [1.807, 2.05) is 24.3 Å². The predicted molar refractivity (Wildman–Crippen MR) is 113 cm³/mol. The second kappa shape index (κ2) is 8.21. The van der Waals surface area contributed by atoms with Crippen LogP contribution in [0.2, 0.25) is 0 Å². The minimum Gasteiger partial charge on any atom is -0.346 e.